The van der Waals surface area contributed by atoms with Crippen molar-refractivity contribution in [1.82, 2.24) is 30.0 Å². The zero-order valence-electron chi connectivity index (χ0n) is 17.8. The number of carbonyl (C=O) groups is 1. The largest absolute Gasteiger partial charge is 0.411 e. The molecule has 0 radical (unpaired) electrons. The van der Waals surface area contributed by atoms with E-state index in [1.807, 2.05) is 0 Å². The molecule has 0 bridgehead atoms. The molecule has 1 aromatic carbocycles. The van der Waals surface area contributed by atoms with E-state index in [4.69, 9.17) is 9.73 Å². The first-order valence-electron chi connectivity index (χ1n) is 10.0. The van der Waals surface area contributed by atoms with Crippen LogP contribution in [0.15, 0.2) is 40.1 Å². The van der Waals surface area contributed by atoms with E-state index in [0.29, 0.717) is 28.8 Å². The number of benzene rings is 1. The van der Waals surface area contributed by atoms with Crippen molar-refractivity contribution in [2.45, 2.75) is 20.3 Å². The number of hydrogen-bond acceptors (Lipinski definition) is 9. The highest BCUT2D eigenvalue weighted by atomic mass is 19.1. The van der Waals surface area contributed by atoms with E-state index < -0.39 is 17.4 Å². The zero-order valence-corrected chi connectivity index (χ0v) is 17.8. The number of rotatable bonds is 5. The summed E-state index contributed by atoms with van der Waals surface area (Å²) in [6.07, 6.45) is 1.91. The van der Waals surface area contributed by atoms with Crippen molar-refractivity contribution in [3.05, 3.63) is 70.6 Å². The molecule has 34 heavy (non-hydrogen) atoms. The highest BCUT2D eigenvalue weighted by molar-refractivity contribution is 6.34. The number of nitrogens with zero attached hydrogens (tertiary/aromatic N) is 7. The molecule has 0 amide bonds. The predicted molar refractivity (Wildman–Crippen MR) is 115 cm³/mol. The Bertz CT molecular complexity index is 1600. The summed E-state index contributed by atoms with van der Waals surface area (Å²) in [5.74, 6) is -1.60. The number of fused-ring (bicyclic) bond motifs is 2. The zero-order chi connectivity index (χ0) is 24.0. The minimum atomic E-state index is -0.806. The summed E-state index contributed by atoms with van der Waals surface area (Å²) in [4.78, 5) is 16.2. The summed E-state index contributed by atoms with van der Waals surface area (Å²) < 4.78 is 36.9. The third kappa shape index (κ3) is 3.45. The lowest BCUT2D eigenvalue weighted by Gasteiger charge is -2.09. The van der Waals surface area contributed by atoms with E-state index in [9.17, 15) is 9.18 Å². The Balaban J connectivity index is 1.61. The van der Waals surface area contributed by atoms with Crippen LogP contribution in [0.5, 0.6) is 0 Å². The van der Waals surface area contributed by atoms with Crippen molar-refractivity contribution in [1.29, 1.82) is 0 Å². The maximum absolute atomic E-state index is 15.6. The Morgan fingerprint density at radius 3 is 2.79 bits per heavy atom. The molecule has 0 aliphatic carbocycles. The molecule has 0 spiro atoms. The molecule has 1 N–H and O–H groups in total. The molecule has 5 aromatic rings. The predicted octanol–water partition coefficient (Wildman–Crippen LogP) is 3.46. The van der Waals surface area contributed by atoms with Crippen LogP contribution < -0.4 is 0 Å². The van der Waals surface area contributed by atoms with E-state index in [1.54, 1.807) is 19.9 Å². The van der Waals surface area contributed by atoms with Crippen molar-refractivity contribution in [3.8, 4) is 11.1 Å². The lowest BCUT2D eigenvalue weighted by molar-refractivity contribution is 0.106. The van der Waals surface area contributed by atoms with Gasteiger partial charge in [0.1, 0.15) is 29.3 Å². The monoisotopic (exact) mass is 463 g/mol. The average Bonchev–Trinajstić information content (AvgIpc) is 3.38. The molecule has 0 saturated heterocycles. The average molecular weight is 463 g/mol. The first kappa shape index (κ1) is 21.2. The van der Waals surface area contributed by atoms with Crippen molar-refractivity contribution in [2.24, 2.45) is 5.16 Å². The Labute approximate surface area is 189 Å². The van der Waals surface area contributed by atoms with Gasteiger partial charge in [0.05, 0.1) is 11.2 Å². The molecular formula is C22H15F2N7O3. The molecule has 4 aromatic heterocycles. The normalized spacial score (nSPS) is 11.8. The van der Waals surface area contributed by atoms with Crippen LogP contribution in [0.1, 0.15) is 33.3 Å². The molecule has 5 rings (SSSR count). The molecule has 4 heterocycles. The summed E-state index contributed by atoms with van der Waals surface area (Å²) in [6, 6.07) is 5.55. The summed E-state index contributed by atoms with van der Waals surface area (Å²) in [5.41, 5.74) is 2.01. The van der Waals surface area contributed by atoms with Crippen LogP contribution >= 0.6 is 0 Å². The third-order valence-electron chi connectivity index (χ3n) is 5.38. The van der Waals surface area contributed by atoms with Crippen molar-refractivity contribution >= 4 is 28.5 Å². The fourth-order valence-electron chi connectivity index (χ4n) is 3.79. The second kappa shape index (κ2) is 8.06. The SMILES string of the molecule is Cc1noc(C)c1-c1cnc2cc(F)c(Cc3nnc4ccc(C(=O)/C=N/O)nn34)c(F)c2c1. The number of hydrogen-bond donors (Lipinski definition) is 1. The van der Waals surface area contributed by atoms with Gasteiger partial charge in [0, 0.05) is 40.8 Å². The van der Waals surface area contributed by atoms with Crippen LogP contribution in [0.25, 0.3) is 27.7 Å². The highest BCUT2D eigenvalue weighted by Gasteiger charge is 2.20. The Hall–Kier alpha value is -4.61. The van der Waals surface area contributed by atoms with Gasteiger partial charge in [0.2, 0.25) is 5.78 Å². The molecule has 12 heteroatoms. The van der Waals surface area contributed by atoms with Gasteiger partial charge in [-0.15, -0.1) is 10.2 Å². The maximum atomic E-state index is 15.6. The second-order valence-electron chi connectivity index (χ2n) is 7.53. The molecule has 0 aliphatic rings. The summed E-state index contributed by atoms with van der Waals surface area (Å²) >= 11 is 0. The van der Waals surface area contributed by atoms with Gasteiger partial charge in [0.25, 0.3) is 0 Å². The van der Waals surface area contributed by atoms with Gasteiger partial charge in [0.15, 0.2) is 11.5 Å². The van der Waals surface area contributed by atoms with Gasteiger partial charge < -0.3 is 9.73 Å². The van der Waals surface area contributed by atoms with Crippen LogP contribution in [0.4, 0.5) is 8.78 Å². The molecule has 170 valence electrons. The maximum Gasteiger partial charge on any atom is 0.227 e. The van der Waals surface area contributed by atoms with Crippen molar-refractivity contribution in [3.63, 3.8) is 0 Å². The quantitative estimate of drug-likeness (QED) is 0.181. The molecule has 0 saturated carbocycles. The first-order chi connectivity index (χ1) is 16.4. The van der Waals surface area contributed by atoms with Gasteiger partial charge in [-0.25, -0.2) is 8.78 Å². The van der Waals surface area contributed by atoms with Crippen LogP contribution in [-0.4, -0.2) is 47.2 Å². The van der Waals surface area contributed by atoms with E-state index in [0.717, 1.165) is 6.07 Å². The minimum absolute atomic E-state index is 0.0564. The molecule has 0 atom stereocenters. The smallest absolute Gasteiger partial charge is 0.227 e. The summed E-state index contributed by atoms with van der Waals surface area (Å²) in [5, 5.41) is 27.3. The Kier molecular flexibility index (Phi) is 5.04. The van der Waals surface area contributed by atoms with Crippen LogP contribution in [0.3, 0.4) is 0 Å². The van der Waals surface area contributed by atoms with Crippen LogP contribution in [0, 0.1) is 25.5 Å². The summed E-state index contributed by atoms with van der Waals surface area (Å²) in [6.45, 7) is 3.50. The van der Waals surface area contributed by atoms with Gasteiger partial charge in [-0.3, -0.25) is 9.78 Å². The number of halogens is 2. The Morgan fingerprint density at radius 2 is 2.06 bits per heavy atom. The molecule has 0 unspecified atom stereocenters. The number of pyridine rings is 1. The van der Waals surface area contributed by atoms with Gasteiger partial charge in [-0.2, -0.15) is 9.61 Å². The first-order valence-corrected chi connectivity index (χ1v) is 10.0. The minimum Gasteiger partial charge on any atom is -0.411 e. The third-order valence-corrected chi connectivity index (χ3v) is 5.38. The molecular weight excluding hydrogens is 448 g/mol. The van der Waals surface area contributed by atoms with Crippen molar-refractivity contribution < 1.29 is 23.3 Å². The van der Waals surface area contributed by atoms with Crippen LogP contribution in [-0.2, 0) is 6.42 Å². The molecule has 0 fully saturated rings. The highest BCUT2D eigenvalue weighted by Crippen LogP contribution is 2.31. The van der Waals surface area contributed by atoms with E-state index in [-0.39, 0.29) is 40.1 Å². The fraction of sp³-hybridized carbons (Fsp3) is 0.136. The van der Waals surface area contributed by atoms with Gasteiger partial charge in [-0.1, -0.05) is 10.3 Å². The topological polar surface area (TPSA) is 132 Å². The number of carbonyl (C=O) groups excluding carboxylic acids is 1. The van der Waals surface area contributed by atoms with Crippen molar-refractivity contribution in [2.75, 3.05) is 0 Å². The van der Waals surface area contributed by atoms with E-state index in [1.165, 1.54) is 22.8 Å². The number of aromatic nitrogens is 6. The van der Waals surface area contributed by atoms with Gasteiger partial charge in [-0.05, 0) is 32.0 Å². The Morgan fingerprint density at radius 1 is 1.24 bits per heavy atom. The lowest BCUT2D eigenvalue weighted by atomic mass is 10.0. The number of aryl methyl sites for hydroxylation is 2. The number of oxime groups is 1. The standard InChI is InChI=1S/C22H15F2N7O3/c1-10-21(11(2)34-30-10)12-5-14-17(25-8-12)7-15(23)13(22(14)24)6-20-28-27-19-4-3-16(29-31(19)20)18(32)9-26-33/h3-5,7-9,33H,6H2,1-2H3/b26-9+. The molecule has 0 aliphatic heterocycles. The van der Waals surface area contributed by atoms with Gasteiger partial charge >= 0.3 is 0 Å². The fourth-order valence-corrected chi connectivity index (χ4v) is 3.79. The van der Waals surface area contributed by atoms with E-state index >= 15 is 4.39 Å². The number of ketones is 1. The number of Topliss-reactive ketones (excluding diaryl/α,β-unsaturated/α-hetero) is 1. The second-order valence-corrected chi connectivity index (χ2v) is 7.53. The van der Waals surface area contributed by atoms with Crippen LogP contribution in [0.2, 0.25) is 0 Å². The molecule has 10 nitrogen and oxygen atoms in total. The summed E-state index contributed by atoms with van der Waals surface area (Å²) in [7, 11) is 0. The van der Waals surface area contributed by atoms with E-state index in [2.05, 4.69) is 30.6 Å². The lowest BCUT2D eigenvalue weighted by Crippen LogP contribution is -2.10.